The van der Waals surface area contributed by atoms with E-state index in [1.54, 1.807) is 12.1 Å². The van der Waals surface area contributed by atoms with Crippen LogP contribution in [0.1, 0.15) is 57.3 Å². The first-order valence-electron chi connectivity index (χ1n) is 10.6. The maximum atomic E-state index is 13.3. The van der Waals surface area contributed by atoms with Gasteiger partial charge in [0.25, 0.3) is 11.8 Å². The van der Waals surface area contributed by atoms with Crippen LogP contribution in [0, 0.1) is 0 Å². The van der Waals surface area contributed by atoms with E-state index in [1.165, 1.54) is 41.7 Å². The van der Waals surface area contributed by atoms with Crippen molar-refractivity contribution in [3.05, 3.63) is 59.2 Å². The summed E-state index contributed by atoms with van der Waals surface area (Å²) in [5, 5.41) is 0. The van der Waals surface area contributed by atoms with Gasteiger partial charge in [-0.05, 0) is 50.1 Å². The summed E-state index contributed by atoms with van der Waals surface area (Å²) >= 11 is 0. The molecule has 4 rings (SSSR count). The maximum absolute atomic E-state index is 13.3. The molecule has 174 valence electrons. The standard InChI is InChI=1S/C23H24N2O7S/c1-15-7-5-6-12-25(15)33(29,30)20-13-16(10-11-19(20)31-2)23(28)32-14-24-21(26)17-8-3-4-9-18(17)22(24)27/h3-4,8-11,13,15H,5-7,12,14H2,1-2H3/t15-/m1/s1. The van der Waals surface area contributed by atoms with Crippen molar-refractivity contribution in [1.82, 2.24) is 9.21 Å². The predicted octanol–water partition coefficient (Wildman–Crippen LogP) is 2.67. The Balaban J connectivity index is 1.55. The van der Waals surface area contributed by atoms with E-state index >= 15 is 0 Å². The summed E-state index contributed by atoms with van der Waals surface area (Å²) in [5.41, 5.74) is 0.453. The average molecular weight is 473 g/mol. The second-order valence-corrected chi connectivity index (χ2v) is 9.83. The van der Waals surface area contributed by atoms with Crippen molar-refractivity contribution in [2.75, 3.05) is 20.4 Å². The molecule has 0 N–H and O–H groups in total. The molecule has 1 saturated heterocycles. The summed E-state index contributed by atoms with van der Waals surface area (Å²) in [6.45, 7) is 1.66. The minimum Gasteiger partial charge on any atom is -0.495 e. The third kappa shape index (κ3) is 4.11. The van der Waals surface area contributed by atoms with Gasteiger partial charge in [-0.3, -0.25) is 9.59 Å². The Kier molecular flexibility index (Phi) is 6.22. The second kappa shape index (κ2) is 8.95. The normalized spacial score (nSPS) is 18.8. The number of methoxy groups -OCH3 is 1. The zero-order valence-corrected chi connectivity index (χ0v) is 19.1. The van der Waals surface area contributed by atoms with Crippen molar-refractivity contribution in [2.24, 2.45) is 0 Å². The van der Waals surface area contributed by atoms with E-state index in [4.69, 9.17) is 9.47 Å². The molecular formula is C23H24N2O7S. The van der Waals surface area contributed by atoms with E-state index in [2.05, 4.69) is 0 Å². The Morgan fingerprint density at radius 1 is 1.06 bits per heavy atom. The summed E-state index contributed by atoms with van der Waals surface area (Å²) in [7, 11) is -2.56. The molecule has 0 bridgehead atoms. The molecule has 33 heavy (non-hydrogen) atoms. The molecule has 9 nitrogen and oxygen atoms in total. The van der Waals surface area contributed by atoms with Gasteiger partial charge in [-0.1, -0.05) is 18.6 Å². The van der Waals surface area contributed by atoms with Gasteiger partial charge in [0.2, 0.25) is 10.0 Å². The van der Waals surface area contributed by atoms with E-state index in [0.717, 1.165) is 24.2 Å². The Morgan fingerprint density at radius 3 is 2.33 bits per heavy atom. The van der Waals surface area contributed by atoms with Gasteiger partial charge in [0, 0.05) is 12.6 Å². The summed E-state index contributed by atoms with van der Waals surface area (Å²) in [6, 6.07) is 10.1. The lowest BCUT2D eigenvalue weighted by Gasteiger charge is -2.32. The van der Waals surface area contributed by atoms with E-state index in [-0.39, 0.29) is 33.4 Å². The van der Waals surface area contributed by atoms with Crippen molar-refractivity contribution in [3.8, 4) is 5.75 Å². The summed E-state index contributed by atoms with van der Waals surface area (Å²) in [6.07, 6.45) is 2.46. The zero-order valence-electron chi connectivity index (χ0n) is 18.3. The van der Waals surface area contributed by atoms with Crippen molar-refractivity contribution < 1.29 is 32.3 Å². The van der Waals surface area contributed by atoms with E-state index in [1.807, 2.05) is 6.92 Å². The number of benzene rings is 2. The number of carbonyl (C=O) groups is 3. The van der Waals surface area contributed by atoms with Crippen LogP contribution in [0.25, 0.3) is 0 Å². The summed E-state index contributed by atoms with van der Waals surface area (Å²) in [4.78, 5) is 38.3. The van der Waals surface area contributed by atoms with E-state index < -0.39 is 34.5 Å². The highest BCUT2D eigenvalue weighted by Gasteiger charge is 2.36. The number of imide groups is 1. The fourth-order valence-electron chi connectivity index (χ4n) is 4.12. The van der Waals surface area contributed by atoms with Gasteiger partial charge in [-0.15, -0.1) is 0 Å². The fraction of sp³-hybridized carbons (Fsp3) is 0.348. The summed E-state index contributed by atoms with van der Waals surface area (Å²) < 4.78 is 38.5. The molecule has 2 amide bonds. The molecule has 0 spiro atoms. The lowest BCUT2D eigenvalue weighted by Crippen LogP contribution is -2.42. The van der Waals surface area contributed by atoms with Crippen molar-refractivity contribution in [2.45, 2.75) is 37.1 Å². The van der Waals surface area contributed by atoms with Crippen LogP contribution in [0.4, 0.5) is 0 Å². The Morgan fingerprint density at radius 2 is 1.73 bits per heavy atom. The molecule has 2 aliphatic rings. The Hall–Kier alpha value is -3.24. The van der Waals surface area contributed by atoms with Crippen molar-refractivity contribution in [1.29, 1.82) is 0 Å². The molecule has 10 heteroatoms. The van der Waals surface area contributed by atoms with Gasteiger partial charge >= 0.3 is 5.97 Å². The molecule has 2 aliphatic heterocycles. The molecule has 0 unspecified atom stereocenters. The fourth-order valence-corrected chi connectivity index (χ4v) is 6.01. The number of ether oxygens (including phenoxy) is 2. The minimum atomic E-state index is -3.91. The Bertz CT molecular complexity index is 1190. The lowest BCUT2D eigenvalue weighted by atomic mass is 10.1. The maximum Gasteiger partial charge on any atom is 0.339 e. The molecular weight excluding hydrogens is 448 g/mol. The van der Waals surface area contributed by atoms with Crippen LogP contribution in [0.2, 0.25) is 0 Å². The van der Waals surface area contributed by atoms with Gasteiger partial charge < -0.3 is 9.47 Å². The number of nitrogens with zero attached hydrogens (tertiary/aromatic N) is 2. The molecule has 0 aliphatic carbocycles. The van der Waals surface area contributed by atoms with Crippen LogP contribution in [0.5, 0.6) is 5.75 Å². The highest BCUT2D eigenvalue weighted by molar-refractivity contribution is 7.89. The number of hydrogen-bond acceptors (Lipinski definition) is 7. The van der Waals surface area contributed by atoms with Gasteiger partial charge in [0.15, 0.2) is 6.73 Å². The first-order valence-corrected chi connectivity index (χ1v) is 12.0. The largest absolute Gasteiger partial charge is 0.495 e. The number of rotatable bonds is 6. The smallest absolute Gasteiger partial charge is 0.339 e. The Labute approximate surface area is 191 Å². The SMILES string of the molecule is COc1ccc(C(=O)OCN2C(=O)c3ccccc3C2=O)cc1S(=O)(=O)N1CCCC[C@H]1C. The molecule has 0 radical (unpaired) electrons. The third-order valence-electron chi connectivity index (χ3n) is 5.93. The molecule has 2 aromatic rings. The van der Waals surface area contributed by atoms with Crippen LogP contribution < -0.4 is 4.74 Å². The second-order valence-electron chi connectivity index (χ2n) is 7.97. The number of esters is 1. The molecule has 0 aromatic heterocycles. The van der Waals surface area contributed by atoms with Crippen LogP contribution in [-0.2, 0) is 14.8 Å². The highest BCUT2D eigenvalue weighted by atomic mass is 32.2. The van der Waals surface area contributed by atoms with Crippen molar-refractivity contribution >= 4 is 27.8 Å². The van der Waals surface area contributed by atoms with Crippen LogP contribution in [0.15, 0.2) is 47.4 Å². The number of sulfonamides is 1. The third-order valence-corrected chi connectivity index (χ3v) is 7.97. The van der Waals surface area contributed by atoms with Crippen LogP contribution in [-0.4, -0.2) is 61.8 Å². The summed E-state index contributed by atoms with van der Waals surface area (Å²) in [5.74, 6) is -1.86. The highest BCUT2D eigenvalue weighted by Crippen LogP contribution is 2.32. The van der Waals surface area contributed by atoms with Crippen molar-refractivity contribution in [3.63, 3.8) is 0 Å². The zero-order chi connectivity index (χ0) is 23.8. The molecule has 0 saturated carbocycles. The van der Waals surface area contributed by atoms with Gasteiger partial charge in [-0.2, -0.15) is 4.31 Å². The first kappa shape index (κ1) is 22.9. The monoisotopic (exact) mass is 472 g/mol. The molecule has 2 aromatic carbocycles. The lowest BCUT2D eigenvalue weighted by molar-refractivity contribution is 0.0228. The quantitative estimate of drug-likeness (QED) is 0.469. The minimum absolute atomic E-state index is 0.0318. The topological polar surface area (TPSA) is 110 Å². The number of hydrogen-bond donors (Lipinski definition) is 0. The first-order chi connectivity index (χ1) is 15.8. The molecule has 2 heterocycles. The number of amides is 2. The van der Waals surface area contributed by atoms with Crippen LogP contribution in [0.3, 0.4) is 0 Å². The van der Waals surface area contributed by atoms with Crippen LogP contribution >= 0.6 is 0 Å². The predicted molar refractivity (Wildman–Crippen MR) is 117 cm³/mol. The van der Waals surface area contributed by atoms with Gasteiger partial charge in [0.05, 0.1) is 23.8 Å². The van der Waals surface area contributed by atoms with E-state index in [9.17, 15) is 22.8 Å². The number of piperidine rings is 1. The number of fused-ring (bicyclic) bond motifs is 1. The van der Waals surface area contributed by atoms with Gasteiger partial charge in [0.1, 0.15) is 10.6 Å². The molecule has 1 fully saturated rings. The number of carbonyl (C=O) groups excluding carboxylic acids is 3. The molecule has 1 atom stereocenters. The van der Waals surface area contributed by atoms with E-state index in [0.29, 0.717) is 6.54 Å². The average Bonchev–Trinajstić information content (AvgIpc) is 3.07. The van der Waals surface area contributed by atoms with Gasteiger partial charge in [-0.25, -0.2) is 18.1 Å².